The van der Waals surface area contributed by atoms with Crippen LogP contribution in [-0.4, -0.2) is 12.0 Å². The van der Waals surface area contributed by atoms with Crippen molar-refractivity contribution >= 4 is 21.6 Å². The van der Waals surface area contributed by atoms with Gasteiger partial charge in [-0.1, -0.05) is 6.07 Å². The van der Waals surface area contributed by atoms with Crippen LogP contribution in [0.5, 0.6) is 0 Å². The van der Waals surface area contributed by atoms with Crippen molar-refractivity contribution in [3.8, 4) is 0 Å². The summed E-state index contributed by atoms with van der Waals surface area (Å²) in [4.78, 5) is 4.18. The fourth-order valence-electron chi connectivity index (χ4n) is 1.19. The van der Waals surface area contributed by atoms with Gasteiger partial charge in [-0.05, 0) is 19.2 Å². The Hall–Kier alpha value is -1.000. The first-order chi connectivity index (χ1) is 6.31. The van der Waals surface area contributed by atoms with Crippen molar-refractivity contribution in [3.63, 3.8) is 0 Å². The molecule has 0 unspecified atom stereocenters. The number of rotatable bonds is 2. The van der Waals surface area contributed by atoms with Crippen molar-refractivity contribution in [3.05, 3.63) is 29.0 Å². The van der Waals surface area contributed by atoms with Gasteiger partial charge in [0.2, 0.25) is 0 Å². The molecule has 1 aromatic carbocycles. The lowest BCUT2D eigenvalue weighted by Gasteiger charge is -1.89. The number of benzene rings is 1. The van der Waals surface area contributed by atoms with Crippen molar-refractivity contribution in [1.29, 1.82) is 0 Å². The molecule has 0 saturated heterocycles. The van der Waals surface area contributed by atoms with Crippen molar-refractivity contribution in [1.82, 2.24) is 10.3 Å². The van der Waals surface area contributed by atoms with Gasteiger partial charge in [0, 0.05) is 6.54 Å². The SMILES string of the molecule is CNCc1nc2c(F)cccc2s1. The summed E-state index contributed by atoms with van der Waals surface area (Å²) in [5.41, 5.74) is 0.484. The smallest absolute Gasteiger partial charge is 0.150 e. The number of aromatic nitrogens is 1. The molecule has 1 aromatic heterocycles. The molecule has 2 rings (SSSR count). The zero-order valence-corrected chi connectivity index (χ0v) is 7.99. The van der Waals surface area contributed by atoms with Crippen LogP contribution in [0.25, 0.3) is 10.2 Å². The van der Waals surface area contributed by atoms with Gasteiger partial charge in [-0.25, -0.2) is 9.37 Å². The maximum Gasteiger partial charge on any atom is 0.150 e. The van der Waals surface area contributed by atoms with Gasteiger partial charge in [0.1, 0.15) is 16.3 Å². The number of hydrogen-bond donors (Lipinski definition) is 1. The molecule has 0 spiro atoms. The van der Waals surface area contributed by atoms with Crippen LogP contribution in [0.15, 0.2) is 18.2 Å². The van der Waals surface area contributed by atoms with E-state index in [9.17, 15) is 4.39 Å². The minimum Gasteiger partial charge on any atom is -0.314 e. The van der Waals surface area contributed by atoms with Gasteiger partial charge in [0.05, 0.1) is 4.70 Å². The molecule has 0 aliphatic rings. The number of nitrogens with one attached hydrogen (secondary N) is 1. The molecule has 68 valence electrons. The van der Waals surface area contributed by atoms with Gasteiger partial charge < -0.3 is 5.32 Å². The molecule has 0 aliphatic heterocycles. The Morgan fingerprint density at radius 3 is 3.08 bits per heavy atom. The lowest BCUT2D eigenvalue weighted by molar-refractivity contribution is 0.636. The van der Waals surface area contributed by atoms with Crippen LogP contribution in [-0.2, 0) is 6.54 Å². The molecular weight excluding hydrogens is 187 g/mol. The highest BCUT2D eigenvalue weighted by Gasteiger charge is 2.06. The number of halogens is 1. The first kappa shape index (κ1) is 8.59. The molecule has 0 fully saturated rings. The number of nitrogens with zero attached hydrogens (tertiary/aromatic N) is 1. The normalized spacial score (nSPS) is 10.9. The van der Waals surface area contributed by atoms with Crippen LogP contribution in [0.4, 0.5) is 4.39 Å². The highest BCUT2D eigenvalue weighted by molar-refractivity contribution is 7.18. The van der Waals surface area contributed by atoms with Gasteiger partial charge in [0.15, 0.2) is 0 Å². The number of para-hydroxylation sites is 1. The Bertz CT molecular complexity index is 424. The molecule has 2 nitrogen and oxygen atoms in total. The zero-order chi connectivity index (χ0) is 9.26. The summed E-state index contributed by atoms with van der Waals surface area (Å²) in [5, 5.41) is 3.91. The van der Waals surface area contributed by atoms with Crippen LogP contribution in [0, 0.1) is 5.82 Å². The van der Waals surface area contributed by atoms with E-state index in [2.05, 4.69) is 10.3 Å². The second kappa shape index (κ2) is 3.40. The quantitative estimate of drug-likeness (QED) is 0.796. The lowest BCUT2D eigenvalue weighted by atomic mass is 10.3. The Balaban J connectivity index is 2.55. The zero-order valence-electron chi connectivity index (χ0n) is 7.17. The van der Waals surface area contributed by atoms with Crippen molar-refractivity contribution in [2.75, 3.05) is 7.05 Å². The van der Waals surface area contributed by atoms with Gasteiger partial charge in [0.25, 0.3) is 0 Å². The summed E-state index contributed by atoms with van der Waals surface area (Å²) in [5.74, 6) is -0.240. The number of fused-ring (bicyclic) bond motifs is 1. The monoisotopic (exact) mass is 196 g/mol. The molecule has 0 radical (unpaired) electrons. The van der Waals surface area contributed by atoms with E-state index >= 15 is 0 Å². The third-order valence-corrected chi connectivity index (χ3v) is 2.76. The fraction of sp³-hybridized carbons (Fsp3) is 0.222. The molecular formula is C9H9FN2S. The Morgan fingerprint density at radius 1 is 1.54 bits per heavy atom. The Kier molecular flexibility index (Phi) is 2.24. The van der Waals surface area contributed by atoms with Crippen molar-refractivity contribution < 1.29 is 4.39 Å². The molecule has 13 heavy (non-hydrogen) atoms. The van der Waals surface area contributed by atoms with Crippen LogP contribution in [0.2, 0.25) is 0 Å². The summed E-state index contributed by atoms with van der Waals surface area (Å²) in [6.45, 7) is 0.693. The second-order valence-electron chi connectivity index (χ2n) is 2.72. The summed E-state index contributed by atoms with van der Waals surface area (Å²) < 4.78 is 14.1. The predicted molar refractivity (Wildman–Crippen MR) is 52.3 cm³/mol. The van der Waals surface area contributed by atoms with Gasteiger partial charge in [-0.15, -0.1) is 11.3 Å². The van der Waals surface area contributed by atoms with E-state index in [0.29, 0.717) is 12.1 Å². The highest BCUT2D eigenvalue weighted by Crippen LogP contribution is 2.23. The first-order valence-corrected chi connectivity index (χ1v) is 4.81. The van der Waals surface area contributed by atoms with E-state index in [-0.39, 0.29) is 5.82 Å². The minimum absolute atomic E-state index is 0.240. The standard InChI is InChI=1S/C9H9FN2S/c1-11-5-8-12-9-6(10)3-2-4-7(9)13-8/h2-4,11H,5H2,1H3. The van der Waals surface area contributed by atoms with Crippen molar-refractivity contribution in [2.24, 2.45) is 0 Å². The average molecular weight is 196 g/mol. The number of thiazole rings is 1. The molecule has 0 bridgehead atoms. The summed E-state index contributed by atoms with van der Waals surface area (Å²) in [6, 6.07) is 5.03. The van der Waals surface area contributed by atoms with Gasteiger partial charge >= 0.3 is 0 Å². The fourth-order valence-corrected chi connectivity index (χ4v) is 2.18. The van der Waals surface area contributed by atoms with Gasteiger partial charge in [-0.3, -0.25) is 0 Å². The van der Waals surface area contributed by atoms with Gasteiger partial charge in [-0.2, -0.15) is 0 Å². The summed E-state index contributed by atoms with van der Waals surface area (Å²) in [6.07, 6.45) is 0. The van der Waals surface area contributed by atoms with Crippen molar-refractivity contribution in [2.45, 2.75) is 6.54 Å². The Morgan fingerprint density at radius 2 is 2.38 bits per heavy atom. The van der Waals surface area contributed by atoms with Crippen LogP contribution in [0.1, 0.15) is 5.01 Å². The number of hydrogen-bond acceptors (Lipinski definition) is 3. The van der Waals surface area contributed by atoms with Crippen LogP contribution < -0.4 is 5.32 Å². The molecule has 1 heterocycles. The molecule has 4 heteroatoms. The van der Waals surface area contributed by atoms with E-state index in [0.717, 1.165) is 9.71 Å². The van der Waals surface area contributed by atoms with E-state index in [1.165, 1.54) is 17.4 Å². The average Bonchev–Trinajstić information content (AvgIpc) is 2.49. The lowest BCUT2D eigenvalue weighted by Crippen LogP contribution is -2.03. The van der Waals surface area contributed by atoms with Crippen LogP contribution in [0.3, 0.4) is 0 Å². The highest BCUT2D eigenvalue weighted by atomic mass is 32.1. The largest absolute Gasteiger partial charge is 0.314 e. The summed E-state index contributed by atoms with van der Waals surface area (Å²) >= 11 is 1.52. The second-order valence-corrected chi connectivity index (χ2v) is 3.84. The molecule has 0 atom stereocenters. The van der Waals surface area contributed by atoms with E-state index in [1.54, 1.807) is 6.07 Å². The molecule has 2 aromatic rings. The Labute approximate surface area is 79.4 Å². The molecule has 1 N–H and O–H groups in total. The maximum absolute atomic E-state index is 13.2. The minimum atomic E-state index is -0.240. The maximum atomic E-state index is 13.2. The van der Waals surface area contributed by atoms with E-state index in [4.69, 9.17) is 0 Å². The molecule has 0 amide bonds. The first-order valence-electron chi connectivity index (χ1n) is 4.00. The van der Waals surface area contributed by atoms with E-state index < -0.39 is 0 Å². The summed E-state index contributed by atoms with van der Waals surface area (Å²) in [7, 11) is 1.85. The van der Waals surface area contributed by atoms with Crippen LogP contribution >= 0.6 is 11.3 Å². The predicted octanol–water partition coefficient (Wildman–Crippen LogP) is 2.15. The topological polar surface area (TPSA) is 24.9 Å². The van der Waals surface area contributed by atoms with E-state index in [1.807, 2.05) is 13.1 Å². The molecule has 0 aliphatic carbocycles. The third kappa shape index (κ3) is 1.55. The third-order valence-electron chi connectivity index (χ3n) is 1.74. The molecule has 0 saturated carbocycles.